The van der Waals surface area contributed by atoms with Crippen LogP contribution in [0.5, 0.6) is 0 Å². The molecule has 1 amide bonds. The Morgan fingerprint density at radius 1 is 0.971 bits per heavy atom. The number of aliphatic hydroxyl groups is 1. The first-order valence-corrected chi connectivity index (χ1v) is 11.6. The van der Waals surface area contributed by atoms with Crippen LogP contribution in [0.2, 0.25) is 0 Å². The minimum atomic E-state index is -1.89. The highest BCUT2D eigenvalue weighted by atomic mass is 16.5. The van der Waals surface area contributed by atoms with Crippen LogP contribution >= 0.6 is 0 Å². The van der Waals surface area contributed by atoms with E-state index in [9.17, 15) is 19.5 Å². The van der Waals surface area contributed by atoms with Gasteiger partial charge < -0.3 is 20.1 Å². The van der Waals surface area contributed by atoms with Crippen molar-refractivity contribution < 1.29 is 24.2 Å². The number of fused-ring (bicyclic) bond motifs is 1. The highest BCUT2D eigenvalue weighted by molar-refractivity contribution is 6.15. The monoisotopic (exact) mass is 472 g/mol. The number of nitrogens with one attached hydrogen (secondary N) is 1. The van der Waals surface area contributed by atoms with Crippen LogP contribution < -0.4 is 10.2 Å². The van der Waals surface area contributed by atoms with Crippen LogP contribution in [0.15, 0.2) is 78.9 Å². The molecule has 3 aromatic carbocycles. The Hall–Kier alpha value is -3.97. The number of nitrogens with zero attached hydrogens (tertiary/aromatic N) is 1. The number of para-hydroxylation sites is 2. The number of hydrogen-bond acceptors (Lipinski definition) is 6. The molecule has 1 aliphatic rings. The fourth-order valence-corrected chi connectivity index (χ4v) is 4.54. The van der Waals surface area contributed by atoms with E-state index in [2.05, 4.69) is 5.32 Å². The summed E-state index contributed by atoms with van der Waals surface area (Å²) in [5, 5.41) is 14.5. The zero-order valence-electron chi connectivity index (χ0n) is 19.9. The number of anilines is 2. The first-order valence-electron chi connectivity index (χ1n) is 11.6. The molecule has 2 N–H and O–H groups in total. The minimum Gasteiger partial charge on any atom is -0.464 e. The van der Waals surface area contributed by atoms with Crippen LogP contribution in [0.1, 0.15) is 42.3 Å². The molecule has 7 heteroatoms. The third-order valence-corrected chi connectivity index (χ3v) is 6.12. The molecule has 0 saturated carbocycles. The van der Waals surface area contributed by atoms with Crippen molar-refractivity contribution in [2.24, 2.45) is 0 Å². The number of benzene rings is 3. The number of ketones is 1. The zero-order chi connectivity index (χ0) is 25.2. The van der Waals surface area contributed by atoms with E-state index in [0.29, 0.717) is 28.1 Å². The lowest BCUT2D eigenvalue weighted by Gasteiger charge is -2.35. The van der Waals surface area contributed by atoms with E-state index in [0.717, 1.165) is 0 Å². The van der Waals surface area contributed by atoms with Gasteiger partial charge in [0, 0.05) is 28.4 Å². The van der Waals surface area contributed by atoms with Crippen molar-refractivity contribution in [1.29, 1.82) is 0 Å². The van der Waals surface area contributed by atoms with E-state index in [4.69, 9.17) is 4.74 Å². The Bertz CT molecular complexity index is 1260. The molecule has 0 spiro atoms. The number of aliphatic hydroxyl groups excluding tert-OH is 1. The van der Waals surface area contributed by atoms with Gasteiger partial charge >= 0.3 is 5.97 Å². The van der Waals surface area contributed by atoms with E-state index < -0.39 is 23.5 Å². The lowest BCUT2D eigenvalue weighted by molar-refractivity contribution is -0.159. The molecule has 35 heavy (non-hydrogen) atoms. The maximum Gasteiger partial charge on any atom is 0.338 e. The van der Waals surface area contributed by atoms with Gasteiger partial charge in [0.15, 0.2) is 17.4 Å². The van der Waals surface area contributed by atoms with Crippen molar-refractivity contribution in [2.45, 2.75) is 38.5 Å². The first kappa shape index (κ1) is 24.2. The van der Waals surface area contributed by atoms with Crippen LogP contribution in [0.3, 0.4) is 0 Å². The molecule has 3 aromatic rings. The molecule has 0 bridgehead atoms. The highest BCUT2D eigenvalue weighted by Gasteiger charge is 2.59. The van der Waals surface area contributed by atoms with Crippen molar-refractivity contribution in [1.82, 2.24) is 0 Å². The Labute approximate surface area is 204 Å². The van der Waals surface area contributed by atoms with Crippen molar-refractivity contribution in [3.8, 4) is 0 Å². The summed E-state index contributed by atoms with van der Waals surface area (Å²) < 4.78 is 5.12. The average molecular weight is 473 g/mol. The van der Waals surface area contributed by atoms with Crippen LogP contribution in [0, 0.1) is 0 Å². The number of esters is 1. The largest absolute Gasteiger partial charge is 0.464 e. The number of hydrogen-bond donors (Lipinski definition) is 2. The molecule has 0 radical (unpaired) electrons. The molecular formula is C28H28N2O5. The van der Waals surface area contributed by atoms with Gasteiger partial charge in [-0.1, -0.05) is 60.7 Å². The summed E-state index contributed by atoms with van der Waals surface area (Å²) in [4.78, 5) is 41.8. The van der Waals surface area contributed by atoms with Crippen molar-refractivity contribution in [3.63, 3.8) is 0 Å². The molecule has 2 atom stereocenters. The standard InChI is InChI=1S/C28H28N2O5/c1-4-35-26(33)25(32)28(21-15-9-11-17-23(21)30(18(2)3)27(28)34)29-22-16-10-8-14-20(22)24(31)19-12-6-5-7-13-19/h5-18,25,29,32H,4H2,1-3H3/t25-,28+/m1/s1. The highest BCUT2D eigenvalue weighted by Crippen LogP contribution is 2.46. The van der Waals surface area contributed by atoms with E-state index in [1.807, 2.05) is 19.9 Å². The van der Waals surface area contributed by atoms with Crippen molar-refractivity contribution in [3.05, 3.63) is 95.6 Å². The lowest BCUT2D eigenvalue weighted by Crippen LogP contribution is -2.58. The summed E-state index contributed by atoms with van der Waals surface area (Å²) >= 11 is 0. The van der Waals surface area contributed by atoms with Gasteiger partial charge in [0.2, 0.25) is 0 Å². The maximum absolute atomic E-state index is 14.0. The van der Waals surface area contributed by atoms with Crippen molar-refractivity contribution >= 4 is 29.0 Å². The van der Waals surface area contributed by atoms with Crippen LogP contribution in [-0.4, -0.2) is 41.5 Å². The summed E-state index contributed by atoms with van der Waals surface area (Å²) in [6.45, 7) is 5.38. The summed E-state index contributed by atoms with van der Waals surface area (Å²) in [6, 6.07) is 22.3. The first-order chi connectivity index (χ1) is 16.8. The second-order valence-electron chi connectivity index (χ2n) is 8.61. The van der Waals surface area contributed by atoms with E-state index >= 15 is 0 Å². The maximum atomic E-state index is 14.0. The fraction of sp³-hybridized carbons (Fsp3) is 0.250. The molecule has 4 rings (SSSR count). The second kappa shape index (κ2) is 9.72. The molecule has 180 valence electrons. The Morgan fingerprint density at radius 3 is 2.29 bits per heavy atom. The molecular weight excluding hydrogens is 444 g/mol. The quantitative estimate of drug-likeness (QED) is 0.381. The SMILES string of the molecule is CCOC(=O)[C@@H](O)[C@]1(Nc2ccccc2C(=O)c2ccccc2)C(=O)N(C(C)C)c2ccccc21. The zero-order valence-corrected chi connectivity index (χ0v) is 19.9. The molecule has 0 aliphatic carbocycles. The molecule has 0 fully saturated rings. The molecule has 0 unspecified atom stereocenters. The second-order valence-corrected chi connectivity index (χ2v) is 8.61. The number of carbonyl (C=O) groups is 3. The molecule has 0 aromatic heterocycles. The Balaban J connectivity index is 1.90. The predicted octanol–water partition coefficient (Wildman–Crippen LogP) is 3.90. The number of amides is 1. The summed E-state index contributed by atoms with van der Waals surface area (Å²) in [5.41, 5.74) is 0.223. The van der Waals surface area contributed by atoms with E-state index in [1.165, 1.54) is 0 Å². The van der Waals surface area contributed by atoms with Gasteiger partial charge in [0.05, 0.1) is 12.3 Å². The van der Waals surface area contributed by atoms with Crippen molar-refractivity contribution in [2.75, 3.05) is 16.8 Å². The molecule has 1 aliphatic heterocycles. The lowest BCUT2D eigenvalue weighted by atomic mass is 9.84. The fourth-order valence-electron chi connectivity index (χ4n) is 4.54. The van der Waals surface area contributed by atoms with E-state index in [-0.39, 0.29) is 18.4 Å². The van der Waals surface area contributed by atoms with E-state index in [1.54, 1.807) is 84.6 Å². The average Bonchev–Trinajstić information content (AvgIpc) is 3.12. The van der Waals surface area contributed by atoms with Crippen LogP contribution in [-0.2, 0) is 19.9 Å². The third-order valence-electron chi connectivity index (χ3n) is 6.12. The number of carbonyl (C=O) groups excluding carboxylic acids is 3. The smallest absolute Gasteiger partial charge is 0.338 e. The normalized spacial score (nSPS) is 17.7. The van der Waals surface area contributed by atoms with Gasteiger partial charge in [0.1, 0.15) is 0 Å². The van der Waals surface area contributed by atoms with Gasteiger partial charge in [-0.05, 0) is 39.0 Å². The van der Waals surface area contributed by atoms with Gasteiger partial charge in [0.25, 0.3) is 5.91 Å². The minimum absolute atomic E-state index is 0.0405. The predicted molar refractivity (Wildman–Crippen MR) is 133 cm³/mol. The molecule has 0 saturated heterocycles. The van der Waals surface area contributed by atoms with Gasteiger partial charge in [-0.25, -0.2) is 4.79 Å². The number of ether oxygens (including phenoxy) is 1. The van der Waals surface area contributed by atoms with Gasteiger partial charge in [-0.3, -0.25) is 9.59 Å². The Morgan fingerprint density at radius 2 is 1.60 bits per heavy atom. The third kappa shape index (κ3) is 4.08. The summed E-state index contributed by atoms with van der Waals surface area (Å²) in [6.07, 6.45) is -1.86. The van der Waals surface area contributed by atoms with Crippen LogP contribution in [0.4, 0.5) is 11.4 Å². The van der Waals surface area contributed by atoms with Gasteiger partial charge in [-0.15, -0.1) is 0 Å². The summed E-state index contributed by atoms with van der Waals surface area (Å²) in [7, 11) is 0. The van der Waals surface area contributed by atoms with Gasteiger partial charge in [-0.2, -0.15) is 0 Å². The molecule has 7 nitrogen and oxygen atoms in total. The van der Waals surface area contributed by atoms with Crippen LogP contribution in [0.25, 0.3) is 0 Å². The summed E-state index contributed by atoms with van der Waals surface area (Å²) in [5.74, 6) is -1.69. The number of rotatable bonds is 8. The molecule has 1 heterocycles. The Kier molecular flexibility index (Phi) is 6.71. The topological polar surface area (TPSA) is 95.9 Å².